The standard InChI is InChI=1S/C15H23N5/c1-10-5-11(7-15(2,3)6-10)19-13-12-8-18-20(4)14(12)17-9-16-13/h8-11H,5-7H2,1-4H3,(H,16,17,19)/t10-,11+/m0/s1. The lowest BCUT2D eigenvalue weighted by atomic mass is 9.70. The Morgan fingerprint density at radius 1 is 1.30 bits per heavy atom. The highest BCUT2D eigenvalue weighted by molar-refractivity contribution is 5.86. The molecule has 5 nitrogen and oxygen atoms in total. The highest BCUT2D eigenvalue weighted by Gasteiger charge is 2.32. The minimum Gasteiger partial charge on any atom is -0.367 e. The molecule has 108 valence electrons. The maximum atomic E-state index is 4.41. The molecule has 0 spiro atoms. The van der Waals surface area contributed by atoms with E-state index in [0.717, 1.165) is 22.8 Å². The van der Waals surface area contributed by atoms with E-state index in [1.807, 2.05) is 13.2 Å². The summed E-state index contributed by atoms with van der Waals surface area (Å²) in [6.07, 6.45) is 7.15. The predicted octanol–water partition coefficient (Wildman–Crippen LogP) is 2.99. The van der Waals surface area contributed by atoms with Crippen LogP contribution in [-0.2, 0) is 7.05 Å². The van der Waals surface area contributed by atoms with E-state index in [-0.39, 0.29) is 0 Å². The van der Waals surface area contributed by atoms with Crippen molar-refractivity contribution in [3.05, 3.63) is 12.5 Å². The fraction of sp³-hybridized carbons (Fsp3) is 0.667. The molecule has 0 unspecified atom stereocenters. The van der Waals surface area contributed by atoms with Crippen LogP contribution >= 0.6 is 0 Å². The van der Waals surface area contributed by atoms with Gasteiger partial charge in [0.2, 0.25) is 0 Å². The molecule has 1 saturated carbocycles. The lowest BCUT2D eigenvalue weighted by Crippen LogP contribution is -2.35. The quantitative estimate of drug-likeness (QED) is 0.914. The molecule has 2 aromatic rings. The smallest absolute Gasteiger partial charge is 0.163 e. The third-order valence-electron chi connectivity index (χ3n) is 4.26. The largest absolute Gasteiger partial charge is 0.367 e. The van der Waals surface area contributed by atoms with Gasteiger partial charge in [-0.2, -0.15) is 5.10 Å². The van der Waals surface area contributed by atoms with E-state index < -0.39 is 0 Å². The molecule has 2 heterocycles. The summed E-state index contributed by atoms with van der Waals surface area (Å²) in [6.45, 7) is 7.06. The van der Waals surface area contributed by atoms with Gasteiger partial charge < -0.3 is 5.32 Å². The Morgan fingerprint density at radius 2 is 2.10 bits per heavy atom. The van der Waals surface area contributed by atoms with Gasteiger partial charge in [0.25, 0.3) is 0 Å². The van der Waals surface area contributed by atoms with Gasteiger partial charge in [-0.15, -0.1) is 0 Å². The van der Waals surface area contributed by atoms with Gasteiger partial charge in [-0.3, -0.25) is 4.68 Å². The van der Waals surface area contributed by atoms with E-state index in [2.05, 4.69) is 41.2 Å². The highest BCUT2D eigenvalue weighted by Crippen LogP contribution is 2.39. The van der Waals surface area contributed by atoms with Crippen LogP contribution in [0.2, 0.25) is 0 Å². The van der Waals surface area contributed by atoms with Crippen LogP contribution in [-0.4, -0.2) is 25.8 Å². The highest BCUT2D eigenvalue weighted by atomic mass is 15.3. The van der Waals surface area contributed by atoms with Gasteiger partial charge in [0.15, 0.2) is 5.65 Å². The first-order valence-electron chi connectivity index (χ1n) is 7.34. The van der Waals surface area contributed by atoms with Crippen molar-refractivity contribution < 1.29 is 0 Å². The summed E-state index contributed by atoms with van der Waals surface area (Å²) in [6, 6.07) is 0.479. The topological polar surface area (TPSA) is 55.6 Å². The number of fused-ring (bicyclic) bond motifs is 1. The molecule has 0 amide bonds. The first-order valence-corrected chi connectivity index (χ1v) is 7.34. The predicted molar refractivity (Wildman–Crippen MR) is 80.5 cm³/mol. The van der Waals surface area contributed by atoms with Crippen LogP contribution in [0.25, 0.3) is 11.0 Å². The van der Waals surface area contributed by atoms with Crippen molar-refractivity contribution in [3.8, 4) is 0 Å². The SMILES string of the molecule is C[C@H]1C[C@@H](Nc2ncnc3c2cnn3C)CC(C)(C)C1. The third-order valence-corrected chi connectivity index (χ3v) is 4.26. The summed E-state index contributed by atoms with van der Waals surface area (Å²) in [5.41, 5.74) is 1.28. The molecule has 3 rings (SSSR count). The number of hydrogen-bond acceptors (Lipinski definition) is 4. The van der Waals surface area contributed by atoms with Crippen LogP contribution in [0.15, 0.2) is 12.5 Å². The molecule has 2 aromatic heterocycles. The Kier molecular flexibility index (Phi) is 3.15. The fourth-order valence-corrected chi connectivity index (χ4v) is 3.73. The maximum Gasteiger partial charge on any atom is 0.163 e. The lowest BCUT2D eigenvalue weighted by molar-refractivity contribution is 0.178. The second-order valence-electron chi connectivity index (χ2n) is 6.98. The van der Waals surface area contributed by atoms with E-state index in [4.69, 9.17) is 0 Å². The van der Waals surface area contributed by atoms with Crippen molar-refractivity contribution in [1.82, 2.24) is 19.7 Å². The second-order valence-corrected chi connectivity index (χ2v) is 6.98. The Labute approximate surface area is 119 Å². The van der Waals surface area contributed by atoms with Crippen molar-refractivity contribution in [1.29, 1.82) is 0 Å². The molecule has 0 radical (unpaired) electrons. The number of aromatic nitrogens is 4. The summed E-state index contributed by atoms with van der Waals surface area (Å²) in [5, 5.41) is 8.89. The van der Waals surface area contributed by atoms with Gasteiger partial charge in [-0.05, 0) is 30.6 Å². The summed E-state index contributed by atoms with van der Waals surface area (Å²) < 4.78 is 1.79. The molecule has 2 atom stereocenters. The van der Waals surface area contributed by atoms with E-state index >= 15 is 0 Å². The van der Waals surface area contributed by atoms with Crippen LogP contribution in [0.4, 0.5) is 5.82 Å². The molecule has 1 N–H and O–H groups in total. The molecule has 0 aliphatic heterocycles. The number of anilines is 1. The monoisotopic (exact) mass is 273 g/mol. The van der Waals surface area contributed by atoms with Gasteiger partial charge in [0.1, 0.15) is 12.1 Å². The molecular formula is C15H23N5. The summed E-state index contributed by atoms with van der Waals surface area (Å²) in [4.78, 5) is 8.70. The number of nitrogens with one attached hydrogen (secondary N) is 1. The normalized spacial score (nSPS) is 25.8. The van der Waals surface area contributed by atoms with Crippen LogP contribution in [0.5, 0.6) is 0 Å². The summed E-state index contributed by atoms with van der Waals surface area (Å²) in [7, 11) is 1.91. The second kappa shape index (κ2) is 4.72. The molecule has 0 bridgehead atoms. The Bertz CT molecular complexity index is 616. The van der Waals surface area contributed by atoms with Crippen LogP contribution in [0.3, 0.4) is 0 Å². The summed E-state index contributed by atoms with van der Waals surface area (Å²) >= 11 is 0. The van der Waals surface area contributed by atoms with Crippen LogP contribution in [0, 0.1) is 11.3 Å². The molecule has 5 heteroatoms. The Hall–Kier alpha value is -1.65. The van der Waals surface area contributed by atoms with E-state index in [1.54, 1.807) is 11.0 Å². The maximum absolute atomic E-state index is 4.41. The van der Waals surface area contributed by atoms with Crippen molar-refractivity contribution in [2.45, 2.75) is 46.1 Å². The Balaban J connectivity index is 1.86. The molecule has 1 aliphatic rings. The van der Waals surface area contributed by atoms with Crippen molar-refractivity contribution in [2.24, 2.45) is 18.4 Å². The average Bonchev–Trinajstić information content (AvgIpc) is 2.70. The van der Waals surface area contributed by atoms with E-state index in [0.29, 0.717) is 11.5 Å². The molecule has 0 aromatic carbocycles. The lowest BCUT2D eigenvalue weighted by Gasteiger charge is -2.39. The Morgan fingerprint density at radius 3 is 2.85 bits per heavy atom. The zero-order valence-electron chi connectivity index (χ0n) is 12.7. The van der Waals surface area contributed by atoms with Gasteiger partial charge in [0.05, 0.1) is 11.6 Å². The minimum absolute atomic E-state index is 0.399. The molecule has 1 aliphatic carbocycles. The molecule has 1 fully saturated rings. The molecular weight excluding hydrogens is 250 g/mol. The number of hydrogen-bond donors (Lipinski definition) is 1. The van der Waals surface area contributed by atoms with E-state index in [9.17, 15) is 0 Å². The number of rotatable bonds is 2. The first-order chi connectivity index (χ1) is 9.44. The van der Waals surface area contributed by atoms with Gasteiger partial charge in [-0.1, -0.05) is 20.8 Å². The molecule has 0 saturated heterocycles. The third kappa shape index (κ3) is 2.49. The van der Waals surface area contributed by atoms with Crippen molar-refractivity contribution in [3.63, 3.8) is 0 Å². The van der Waals surface area contributed by atoms with Gasteiger partial charge >= 0.3 is 0 Å². The fourth-order valence-electron chi connectivity index (χ4n) is 3.73. The first kappa shape index (κ1) is 13.3. The van der Waals surface area contributed by atoms with Crippen LogP contribution < -0.4 is 5.32 Å². The average molecular weight is 273 g/mol. The van der Waals surface area contributed by atoms with Crippen molar-refractivity contribution >= 4 is 16.9 Å². The zero-order chi connectivity index (χ0) is 14.3. The number of aryl methyl sites for hydroxylation is 1. The number of nitrogens with zero attached hydrogens (tertiary/aromatic N) is 4. The van der Waals surface area contributed by atoms with Crippen LogP contribution in [0.1, 0.15) is 40.0 Å². The van der Waals surface area contributed by atoms with Gasteiger partial charge in [0, 0.05) is 13.1 Å². The van der Waals surface area contributed by atoms with E-state index in [1.165, 1.54) is 19.3 Å². The molecule has 20 heavy (non-hydrogen) atoms. The summed E-state index contributed by atoms with van der Waals surface area (Å²) in [5.74, 6) is 1.67. The van der Waals surface area contributed by atoms with Gasteiger partial charge in [-0.25, -0.2) is 9.97 Å². The van der Waals surface area contributed by atoms with Crippen molar-refractivity contribution in [2.75, 3.05) is 5.32 Å². The zero-order valence-corrected chi connectivity index (χ0v) is 12.7. The minimum atomic E-state index is 0.399.